The van der Waals surface area contributed by atoms with E-state index in [0.29, 0.717) is 11.3 Å². The minimum absolute atomic E-state index is 0.0271. The molecule has 3 heterocycles. The van der Waals surface area contributed by atoms with Crippen molar-refractivity contribution in [3.05, 3.63) is 81.7 Å². The molecule has 0 fully saturated rings. The van der Waals surface area contributed by atoms with Crippen LogP contribution in [0.5, 0.6) is 5.75 Å². The van der Waals surface area contributed by atoms with Gasteiger partial charge in [0.15, 0.2) is 0 Å². The molecule has 0 spiro atoms. The number of amides is 1. The topological polar surface area (TPSA) is 70.7 Å². The van der Waals surface area contributed by atoms with Crippen LogP contribution in [-0.2, 0) is 13.0 Å². The fourth-order valence-electron chi connectivity index (χ4n) is 4.07. The van der Waals surface area contributed by atoms with Gasteiger partial charge in [0.2, 0.25) is 0 Å². The first-order chi connectivity index (χ1) is 15.1. The Morgan fingerprint density at radius 3 is 2.65 bits per heavy atom. The van der Waals surface area contributed by atoms with Gasteiger partial charge in [-0.05, 0) is 48.4 Å². The van der Waals surface area contributed by atoms with Crippen LogP contribution in [0.2, 0.25) is 0 Å². The van der Waals surface area contributed by atoms with Gasteiger partial charge in [0.05, 0.1) is 11.1 Å². The Morgan fingerprint density at radius 1 is 1.13 bits per heavy atom. The summed E-state index contributed by atoms with van der Waals surface area (Å²) in [6, 6.07) is 16.1. The molecular weight excluding hydrogens is 410 g/mol. The highest BCUT2D eigenvalue weighted by Crippen LogP contribution is 2.40. The van der Waals surface area contributed by atoms with Crippen LogP contribution in [0, 0.1) is 0 Å². The van der Waals surface area contributed by atoms with Gasteiger partial charge in [-0.2, -0.15) is 0 Å². The number of thiophene rings is 1. The summed E-state index contributed by atoms with van der Waals surface area (Å²) in [6.45, 7) is 5.09. The van der Waals surface area contributed by atoms with E-state index in [-0.39, 0.29) is 12.1 Å². The van der Waals surface area contributed by atoms with E-state index in [9.17, 15) is 9.59 Å². The predicted molar refractivity (Wildman–Crippen MR) is 121 cm³/mol. The molecule has 2 aliphatic heterocycles. The van der Waals surface area contributed by atoms with Gasteiger partial charge in [-0.3, -0.25) is 9.69 Å². The van der Waals surface area contributed by atoms with E-state index in [0.717, 1.165) is 42.2 Å². The Morgan fingerprint density at radius 2 is 1.90 bits per heavy atom. The maximum absolute atomic E-state index is 12.9. The molecule has 5 rings (SSSR count). The van der Waals surface area contributed by atoms with Crippen molar-refractivity contribution < 1.29 is 14.3 Å². The van der Waals surface area contributed by atoms with Crippen LogP contribution < -0.4 is 15.4 Å². The van der Waals surface area contributed by atoms with Crippen molar-refractivity contribution in [2.45, 2.75) is 26.1 Å². The summed E-state index contributed by atoms with van der Waals surface area (Å²) in [5.41, 5.74) is 3.40. The molecule has 158 valence electrons. The lowest BCUT2D eigenvalue weighted by atomic mass is 10.0. The number of fused-ring (bicyclic) bond motifs is 3. The van der Waals surface area contributed by atoms with E-state index in [4.69, 9.17) is 4.74 Å². The summed E-state index contributed by atoms with van der Waals surface area (Å²) in [6.07, 6.45) is 0.595. The average molecular weight is 434 g/mol. The van der Waals surface area contributed by atoms with Crippen LogP contribution >= 0.6 is 11.3 Å². The molecule has 7 heteroatoms. The Labute approximate surface area is 184 Å². The van der Waals surface area contributed by atoms with E-state index in [1.54, 1.807) is 47.7 Å². The monoisotopic (exact) mass is 433 g/mol. The van der Waals surface area contributed by atoms with Gasteiger partial charge < -0.3 is 15.4 Å². The van der Waals surface area contributed by atoms with Crippen LogP contribution in [0.25, 0.3) is 0 Å². The van der Waals surface area contributed by atoms with E-state index < -0.39 is 5.97 Å². The van der Waals surface area contributed by atoms with Crippen molar-refractivity contribution in [3.63, 3.8) is 0 Å². The Kier molecular flexibility index (Phi) is 5.21. The van der Waals surface area contributed by atoms with Gasteiger partial charge >= 0.3 is 5.97 Å². The lowest BCUT2D eigenvalue weighted by molar-refractivity contribution is 0.0734. The smallest absolute Gasteiger partial charge is 0.343 e. The second kappa shape index (κ2) is 8.17. The highest BCUT2D eigenvalue weighted by molar-refractivity contribution is 7.16. The molecule has 0 aliphatic carbocycles. The van der Waals surface area contributed by atoms with Gasteiger partial charge in [-0.15, -0.1) is 11.3 Å². The third-order valence-corrected chi connectivity index (χ3v) is 6.94. The van der Waals surface area contributed by atoms with E-state index in [2.05, 4.69) is 22.5 Å². The minimum atomic E-state index is -0.396. The number of likely N-dealkylation sites (N-methyl/N-ethyl adjacent to an activating group) is 1. The van der Waals surface area contributed by atoms with Crippen LogP contribution in [0.15, 0.2) is 54.6 Å². The number of ether oxygens (including phenoxy) is 1. The van der Waals surface area contributed by atoms with E-state index >= 15 is 0 Å². The molecule has 0 radical (unpaired) electrons. The van der Waals surface area contributed by atoms with Crippen LogP contribution in [0.3, 0.4) is 0 Å². The molecule has 0 bridgehead atoms. The lowest BCUT2D eigenvalue weighted by Crippen LogP contribution is -2.38. The molecule has 31 heavy (non-hydrogen) atoms. The van der Waals surface area contributed by atoms with Gasteiger partial charge in [-0.1, -0.05) is 37.3 Å². The predicted octanol–water partition coefficient (Wildman–Crippen LogP) is 4.20. The Hall–Kier alpha value is -3.16. The van der Waals surface area contributed by atoms with Crippen molar-refractivity contribution in [3.8, 4) is 5.75 Å². The number of benzene rings is 2. The SMILES string of the molecule is CCN1CCc2c(sc3c2C(=O)NC(c2ccc(OC(=O)c4ccccc4)cc2)N3)C1. The van der Waals surface area contributed by atoms with Crippen molar-refractivity contribution >= 4 is 28.2 Å². The number of nitrogens with zero attached hydrogens (tertiary/aromatic N) is 1. The summed E-state index contributed by atoms with van der Waals surface area (Å²) < 4.78 is 5.45. The van der Waals surface area contributed by atoms with Gasteiger partial charge in [-0.25, -0.2) is 4.79 Å². The number of rotatable bonds is 4. The maximum Gasteiger partial charge on any atom is 0.343 e. The fraction of sp³-hybridized carbons (Fsp3) is 0.250. The molecule has 1 amide bonds. The van der Waals surface area contributed by atoms with Crippen LogP contribution in [0.1, 0.15) is 49.8 Å². The minimum Gasteiger partial charge on any atom is -0.423 e. The summed E-state index contributed by atoms with van der Waals surface area (Å²) >= 11 is 1.69. The fourth-order valence-corrected chi connectivity index (χ4v) is 5.39. The number of hydrogen-bond acceptors (Lipinski definition) is 6. The summed E-state index contributed by atoms with van der Waals surface area (Å²) in [5.74, 6) is 0.0415. The molecule has 0 saturated heterocycles. The highest BCUT2D eigenvalue weighted by Gasteiger charge is 2.33. The quantitative estimate of drug-likeness (QED) is 0.477. The number of anilines is 1. The zero-order valence-electron chi connectivity index (χ0n) is 17.2. The molecule has 2 aliphatic rings. The van der Waals surface area contributed by atoms with Gasteiger partial charge in [0.1, 0.15) is 16.9 Å². The lowest BCUT2D eigenvalue weighted by Gasteiger charge is -2.28. The standard InChI is InChI=1S/C24H23N3O3S/c1-2-27-13-12-18-19(14-27)31-23-20(18)22(28)25-21(26-23)15-8-10-17(11-9-15)30-24(29)16-6-4-3-5-7-16/h3-11,21,26H,2,12-14H2,1H3,(H,25,28). The number of carbonyl (C=O) groups excluding carboxylic acids is 2. The second-order valence-corrected chi connectivity index (χ2v) is 8.81. The Balaban J connectivity index is 1.31. The summed E-state index contributed by atoms with van der Waals surface area (Å²) in [7, 11) is 0. The van der Waals surface area contributed by atoms with E-state index in [1.807, 2.05) is 18.2 Å². The molecule has 6 nitrogen and oxygen atoms in total. The number of carbonyl (C=O) groups is 2. The van der Waals surface area contributed by atoms with Crippen molar-refractivity contribution in [1.29, 1.82) is 0 Å². The zero-order valence-corrected chi connectivity index (χ0v) is 18.0. The zero-order chi connectivity index (χ0) is 21.4. The number of nitrogens with one attached hydrogen (secondary N) is 2. The molecule has 2 aromatic carbocycles. The first-order valence-electron chi connectivity index (χ1n) is 10.4. The van der Waals surface area contributed by atoms with Gasteiger partial charge in [0, 0.05) is 18.0 Å². The van der Waals surface area contributed by atoms with Crippen molar-refractivity contribution in [1.82, 2.24) is 10.2 Å². The Bertz CT molecular complexity index is 1120. The molecule has 1 atom stereocenters. The van der Waals surface area contributed by atoms with E-state index in [1.165, 1.54) is 10.4 Å². The molecule has 2 N–H and O–H groups in total. The van der Waals surface area contributed by atoms with Crippen LogP contribution in [-0.4, -0.2) is 29.9 Å². The largest absolute Gasteiger partial charge is 0.423 e. The average Bonchev–Trinajstić information content (AvgIpc) is 3.18. The molecule has 1 aromatic heterocycles. The highest BCUT2D eigenvalue weighted by atomic mass is 32.1. The summed E-state index contributed by atoms with van der Waals surface area (Å²) in [5, 5.41) is 7.49. The summed E-state index contributed by atoms with van der Waals surface area (Å²) in [4.78, 5) is 28.8. The third kappa shape index (κ3) is 3.82. The second-order valence-electron chi connectivity index (χ2n) is 7.70. The molecule has 0 saturated carbocycles. The number of hydrogen-bond donors (Lipinski definition) is 2. The van der Waals surface area contributed by atoms with Crippen molar-refractivity contribution in [2.75, 3.05) is 18.4 Å². The van der Waals surface area contributed by atoms with Gasteiger partial charge in [0.25, 0.3) is 5.91 Å². The third-order valence-electron chi connectivity index (χ3n) is 5.79. The maximum atomic E-state index is 12.9. The van der Waals surface area contributed by atoms with Crippen LogP contribution in [0.4, 0.5) is 5.00 Å². The first kappa shape index (κ1) is 19.8. The number of esters is 1. The molecular formula is C24H23N3O3S. The normalized spacial score (nSPS) is 17.8. The molecule has 3 aromatic rings. The first-order valence-corrected chi connectivity index (χ1v) is 11.3. The molecule has 1 unspecified atom stereocenters. The van der Waals surface area contributed by atoms with Crippen molar-refractivity contribution in [2.24, 2.45) is 0 Å².